The molecule has 0 saturated heterocycles. The number of likely N-dealkylation sites (N-methyl/N-ethyl adjacent to an activating group) is 1. The first kappa shape index (κ1) is 18.6. The van der Waals surface area contributed by atoms with Crippen molar-refractivity contribution >= 4 is 21.6 Å². The summed E-state index contributed by atoms with van der Waals surface area (Å²) in [4.78, 5) is 21.9. The first-order valence-electron chi connectivity index (χ1n) is 8.94. The van der Waals surface area contributed by atoms with Gasteiger partial charge in [0.1, 0.15) is 10.6 Å². The van der Waals surface area contributed by atoms with Gasteiger partial charge in [0.2, 0.25) is 0 Å². The summed E-state index contributed by atoms with van der Waals surface area (Å²) in [5, 5.41) is 0.711. The van der Waals surface area contributed by atoms with E-state index in [1.54, 1.807) is 29.3 Å². The van der Waals surface area contributed by atoms with Crippen LogP contribution in [0.3, 0.4) is 0 Å². The Morgan fingerprint density at radius 1 is 1.27 bits per heavy atom. The number of rotatable bonds is 7. The molecule has 0 aliphatic rings. The second kappa shape index (κ2) is 8.01. The maximum atomic E-state index is 13.2. The molecular weight excluding hydrogens is 346 g/mol. The van der Waals surface area contributed by atoms with Crippen LogP contribution in [0.15, 0.2) is 35.4 Å². The smallest absolute Gasteiger partial charge is 0.262 e. The Bertz CT molecular complexity index is 957. The Hall–Kier alpha value is -2.18. The zero-order valence-corrected chi connectivity index (χ0v) is 16.6. The van der Waals surface area contributed by atoms with Crippen LogP contribution in [0.25, 0.3) is 21.3 Å². The lowest BCUT2D eigenvalue weighted by Gasteiger charge is -2.18. The summed E-state index contributed by atoms with van der Waals surface area (Å²) in [6.45, 7) is 9.77. The van der Waals surface area contributed by atoms with Crippen molar-refractivity contribution in [3.63, 3.8) is 0 Å². The highest BCUT2D eigenvalue weighted by molar-refractivity contribution is 7.19. The van der Waals surface area contributed by atoms with E-state index < -0.39 is 0 Å². The Morgan fingerprint density at radius 2 is 2.04 bits per heavy atom. The number of aryl methyl sites for hydroxylation is 1. The fraction of sp³-hybridized carbons (Fsp3) is 0.400. The molecule has 0 radical (unpaired) electrons. The van der Waals surface area contributed by atoms with Crippen LogP contribution in [-0.4, -0.2) is 41.2 Å². The van der Waals surface area contributed by atoms with Crippen molar-refractivity contribution in [1.29, 1.82) is 0 Å². The van der Waals surface area contributed by atoms with E-state index in [-0.39, 0.29) is 5.56 Å². The molecule has 0 aliphatic carbocycles. The number of hydrogen-bond donors (Lipinski definition) is 0. The molecule has 0 bridgehead atoms. The van der Waals surface area contributed by atoms with Gasteiger partial charge in [-0.3, -0.25) is 9.36 Å². The third-order valence-corrected chi connectivity index (χ3v) is 5.78. The number of hydrogen-bond acceptors (Lipinski definition) is 5. The van der Waals surface area contributed by atoms with Gasteiger partial charge < -0.3 is 9.64 Å². The van der Waals surface area contributed by atoms with E-state index in [0.717, 1.165) is 46.2 Å². The second-order valence-corrected chi connectivity index (χ2v) is 7.42. The molecule has 2 heterocycles. The molecule has 0 aliphatic heterocycles. The number of fused-ring (bicyclic) bond motifs is 1. The van der Waals surface area contributed by atoms with E-state index in [1.165, 1.54) is 0 Å². The van der Waals surface area contributed by atoms with Crippen LogP contribution in [-0.2, 0) is 6.54 Å². The normalized spacial score (nSPS) is 11.4. The van der Waals surface area contributed by atoms with E-state index in [0.29, 0.717) is 11.9 Å². The van der Waals surface area contributed by atoms with Crippen molar-refractivity contribution in [2.45, 2.75) is 27.3 Å². The molecule has 3 rings (SSSR count). The first-order valence-corrected chi connectivity index (χ1v) is 9.76. The lowest BCUT2D eigenvalue weighted by Crippen LogP contribution is -2.31. The summed E-state index contributed by atoms with van der Waals surface area (Å²) in [5.74, 6) is 0.784. The summed E-state index contributed by atoms with van der Waals surface area (Å²) in [5.41, 5.74) is 2.00. The van der Waals surface area contributed by atoms with Gasteiger partial charge in [-0.25, -0.2) is 4.98 Å². The van der Waals surface area contributed by atoms with Gasteiger partial charge in [0.25, 0.3) is 5.56 Å². The maximum absolute atomic E-state index is 13.2. The number of methoxy groups -OCH3 is 1. The standard InChI is InChI=1S/C20H25N3O2S/c1-5-22(6-2)10-11-23-13-21-19-18(20(23)24)17(14(3)26-19)15-8-7-9-16(12-15)25-4/h7-9,12-13H,5-6,10-11H2,1-4H3. The number of nitrogens with zero attached hydrogens (tertiary/aromatic N) is 3. The molecule has 0 atom stereocenters. The molecule has 0 N–H and O–H groups in total. The Labute approximate surface area is 157 Å². The molecule has 0 fully saturated rings. The lowest BCUT2D eigenvalue weighted by molar-refractivity contribution is 0.289. The number of benzene rings is 1. The highest BCUT2D eigenvalue weighted by Crippen LogP contribution is 2.36. The van der Waals surface area contributed by atoms with E-state index in [4.69, 9.17) is 4.74 Å². The average Bonchev–Trinajstić information content (AvgIpc) is 3.01. The van der Waals surface area contributed by atoms with Gasteiger partial charge in [0.05, 0.1) is 18.8 Å². The van der Waals surface area contributed by atoms with Crippen LogP contribution in [0.1, 0.15) is 18.7 Å². The molecule has 3 aromatic rings. The summed E-state index contributed by atoms with van der Waals surface area (Å²) in [6.07, 6.45) is 1.68. The molecule has 6 heteroatoms. The highest BCUT2D eigenvalue weighted by atomic mass is 32.1. The van der Waals surface area contributed by atoms with Crippen molar-refractivity contribution in [1.82, 2.24) is 14.5 Å². The van der Waals surface area contributed by atoms with Gasteiger partial charge in [-0.15, -0.1) is 11.3 Å². The maximum Gasteiger partial charge on any atom is 0.262 e. The molecule has 26 heavy (non-hydrogen) atoms. The SMILES string of the molecule is CCN(CC)CCn1cnc2sc(C)c(-c3cccc(OC)c3)c2c1=O. The number of ether oxygens (including phenoxy) is 1. The number of thiophene rings is 1. The van der Waals surface area contributed by atoms with E-state index in [1.807, 2.05) is 31.2 Å². The van der Waals surface area contributed by atoms with Crippen molar-refractivity contribution in [2.24, 2.45) is 0 Å². The summed E-state index contributed by atoms with van der Waals surface area (Å²) in [7, 11) is 1.65. The monoisotopic (exact) mass is 371 g/mol. The van der Waals surface area contributed by atoms with Crippen molar-refractivity contribution in [3.8, 4) is 16.9 Å². The van der Waals surface area contributed by atoms with Gasteiger partial charge in [-0.2, -0.15) is 0 Å². The van der Waals surface area contributed by atoms with E-state index in [2.05, 4.69) is 23.7 Å². The third-order valence-electron chi connectivity index (χ3n) is 4.76. The van der Waals surface area contributed by atoms with Crippen molar-refractivity contribution in [3.05, 3.63) is 45.8 Å². The zero-order valence-electron chi connectivity index (χ0n) is 15.8. The van der Waals surface area contributed by atoms with Crippen LogP contribution in [0.2, 0.25) is 0 Å². The summed E-state index contributed by atoms with van der Waals surface area (Å²) in [6, 6.07) is 7.85. The fourth-order valence-corrected chi connectivity index (χ4v) is 4.22. The number of aromatic nitrogens is 2. The van der Waals surface area contributed by atoms with Gasteiger partial charge in [0, 0.05) is 23.5 Å². The fourth-order valence-electron chi connectivity index (χ4n) is 3.21. The minimum atomic E-state index is 0.0318. The average molecular weight is 372 g/mol. The molecule has 0 saturated carbocycles. The zero-order chi connectivity index (χ0) is 18.7. The van der Waals surface area contributed by atoms with Crippen LogP contribution < -0.4 is 10.3 Å². The summed E-state index contributed by atoms with van der Waals surface area (Å²) >= 11 is 1.57. The third kappa shape index (κ3) is 3.52. The molecular formula is C20H25N3O2S. The summed E-state index contributed by atoms with van der Waals surface area (Å²) < 4.78 is 7.08. The topological polar surface area (TPSA) is 47.4 Å². The molecule has 0 spiro atoms. The molecule has 1 aromatic carbocycles. The second-order valence-electron chi connectivity index (χ2n) is 6.22. The largest absolute Gasteiger partial charge is 0.497 e. The first-order chi connectivity index (χ1) is 12.6. The van der Waals surface area contributed by atoms with Crippen LogP contribution in [0.4, 0.5) is 0 Å². The molecule has 0 amide bonds. The Morgan fingerprint density at radius 3 is 2.73 bits per heavy atom. The molecule has 0 unspecified atom stereocenters. The van der Waals surface area contributed by atoms with Gasteiger partial charge in [-0.1, -0.05) is 26.0 Å². The quantitative estimate of drug-likeness (QED) is 0.634. The molecule has 2 aromatic heterocycles. The highest BCUT2D eigenvalue weighted by Gasteiger charge is 2.17. The van der Waals surface area contributed by atoms with E-state index >= 15 is 0 Å². The minimum Gasteiger partial charge on any atom is -0.497 e. The molecule has 5 nitrogen and oxygen atoms in total. The van der Waals surface area contributed by atoms with Crippen LogP contribution >= 0.6 is 11.3 Å². The van der Waals surface area contributed by atoms with Crippen molar-refractivity contribution in [2.75, 3.05) is 26.7 Å². The van der Waals surface area contributed by atoms with Crippen LogP contribution in [0.5, 0.6) is 5.75 Å². The van der Waals surface area contributed by atoms with Gasteiger partial charge in [0.15, 0.2) is 0 Å². The van der Waals surface area contributed by atoms with Gasteiger partial charge in [-0.05, 0) is 37.7 Å². The Kier molecular flexibility index (Phi) is 5.74. The lowest BCUT2D eigenvalue weighted by atomic mass is 10.0. The molecule has 138 valence electrons. The van der Waals surface area contributed by atoms with Gasteiger partial charge >= 0.3 is 0 Å². The van der Waals surface area contributed by atoms with Crippen molar-refractivity contribution < 1.29 is 4.74 Å². The Balaban J connectivity index is 2.08. The predicted octanol–water partition coefficient (Wildman–Crippen LogP) is 3.78. The predicted molar refractivity (Wildman–Crippen MR) is 108 cm³/mol. The minimum absolute atomic E-state index is 0.0318. The van der Waals surface area contributed by atoms with E-state index in [9.17, 15) is 4.79 Å². The van der Waals surface area contributed by atoms with Crippen LogP contribution in [0, 0.1) is 6.92 Å².